The Morgan fingerprint density at radius 2 is 1.78 bits per heavy atom. The average Bonchev–Trinajstić information content (AvgIpc) is 2.63. The van der Waals surface area contributed by atoms with E-state index in [1.165, 1.54) is 29.2 Å². The van der Waals surface area contributed by atoms with Gasteiger partial charge in [-0.05, 0) is 55.5 Å². The molecule has 2 aromatic carbocycles. The molecule has 0 unspecified atom stereocenters. The first-order chi connectivity index (χ1) is 12.9. The second kappa shape index (κ2) is 9.40. The van der Waals surface area contributed by atoms with Crippen molar-refractivity contribution in [3.63, 3.8) is 0 Å². The second-order valence-corrected chi connectivity index (χ2v) is 8.02. The van der Waals surface area contributed by atoms with Crippen LogP contribution in [0, 0.1) is 11.3 Å². The molecule has 8 heteroatoms. The molecule has 0 saturated heterocycles. The van der Waals surface area contributed by atoms with Crippen LogP contribution in [0.25, 0.3) is 0 Å². The first-order valence-electron chi connectivity index (χ1n) is 8.26. The number of carbonyl (C=O) groups is 1. The van der Waals surface area contributed by atoms with Gasteiger partial charge in [0, 0.05) is 17.3 Å². The summed E-state index contributed by atoms with van der Waals surface area (Å²) >= 11 is 5.78. The van der Waals surface area contributed by atoms with E-state index in [2.05, 4.69) is 0 Å². The Labute approximate surface area is 163 Å². The number of benzene rings is 2. The van der Waals surface area contributed by atoms with Crippen molar-refractivity contribution in [2.45, 2.75) is 18.2 Å². The summed E-state index contributed by atoms with van der Waals surface area (Å²) in [6.45, 7) is 2.47. The molecule has 0 aromatic heterocycles. The largest absolute Gasteiger partial charge is 0.494 e. The van der Waals surface area contributed by atoms with Crippen molar-refractivity contribution in [1.29, 1.82) is 5.26 Å². The molecule has 0 fully saturated rings. The lowest BCUT2D eigenvalue weighted by atomic mass is 10.2. The topological polar surface area (TPSA) is 87.5 Å². The molecule has 0 aliphatic heterocycles. The summed E-state index contributed by atoms with van der Waals surface area (Å²) in [5.41, 5.74) is 0.505. The highest BCUT2D eigenvalue weighted by Crippen LogP contribution is 2.22. The number of nitrogens with zero attached hydrogens (tertiary/aromatic N) is 2. The predicted molar refractivity (Wildman–Crippen MR) is 104 cm³/mol. The van der Waals surface area contributed by atoms with Crippen LogP contribution in [0.15, 0.2) is 53.4 Å². The van der Waals surface area contributed by atoms with Crippen LogP contribution >= 0.6 is 11.6 Å². The third kappa shape index (κ3) is 5.71. The number of sulfone groups is 1. The van der Waals surface area contributed by atoms with Crippen LogP contribution in [-0.2, 0) is 14.6 Å². The minimum Gasteiger partial charge on any atom is -0.494 e. The molecule has 0 aliphatic carbocycles. The van der Waals surface area contributed by atoms with E-state index in [1.807, 2.05) is 13.0 Å². The molecule has 1 amide bonds. The molecule has 0 bridgehead atoms. The highest BCUT2D eigenvalue weighted by Gasteiger charge is 2.24. The minimum atomic E-state index is -3.83. The van der Waals surface area contributed by atoms with Crippen LogP contribution in [0.4, 0.5) is 5.69 Å². The molecule has 0 saturated carbocycles. The molecular formula is C19H19ClN2O4S. The van der Waals surface area contributed by atoms with Gasteiger partial charge in [0.05, 0.1) is 24.0 Å². The Balaban J connectivity index is 2.23. The Morgan fingerprint density at radius 1 is 1.15 bits per heavy atom. The number of amides is 1. The van der Waals surface area contributed by atoms with Gasteiger partial charge in [0.1, 0.15) is 11.5 Å². The summed E-state index contributed by atoms with van der Waals surface area (Å²) in [5, 5.41) is 9.26. The molecule has 142 valence electrons. The summed E-state index contributed by atoms with van der Waals surface area (Å²) in [6, 6.07) is 14.3. The second-order valence-electron chi connectivity index (χ2n) is 5.59. The zero-order valence-corrected chi connectivity index (χ0v) is 16.3. The Kier molecular flexibility index (Phi) is 7.22. The van der Waals surface area contributed by atoms with Crippen molar-refractivity contribution in [2.24, 2.45) is 0 Å². The summed E-state index contributed by atoms with van der Waals surface area (Å²) < 4.78 is 30.4. The lowest BCUT2D eigenvalue weighted by molar-refractivity contribution is -0.116. The van der Waals surface area contributed by atoms with E-state index in [0.717, 1.165) is 0 Å². The van der Waals surface area contributed by atoms with Crippen LogP contribution in [0.3, 0.4) is 0 Å². The molecule has 0 spiro atoms. The van der Waals surface area contributed by atoms with Crippen LogP contribution in [-0.4, -0.2) is 33.2 Å². The minimum absolute atomic E-state index is 0.0205. The van der Waals surface area contributed by atoms with Crippen molar-refractivity contribution in [2.75, 3.05) is 23.8 Å². The Morgan fingerprint density at radius 3 is 2.33 bits per heavy atom. The Bertz CT molecular complexity index is 920. The smallest absolute Gasteiger partial charge is 0.242 e. The summed E-state index contributed by atoms with van der Waals surface area (Å²) in [4.78, 5) is 14.0. The van der Waals surface area contributed by atoms with E-state index in [0.29, 0.717) is 23.1 Å². The normalized spacial score (nSPS) is 10.9. The molecule has 0 N–H and O–H groups in total. The highest BCUT2D eigenvalue weighted by atomic mass is 35.5. The van der Waals surface area contributed by atoms with E-state index in [9.17, 15) is 13.2 Å². The SMILES string of the molecule is CCOc1ccc(N(CCC#N)C(=O)CS(=O)(=O)c2ccc(Cl)cc2)cc1. The molecule has 27 heavy (non-hydrogen) atoms. The van der Waals surface area contributed by atoms with Crippen LogP contribution < -0.4 is 9.64 Å². The van der Waals surface area contributed by atoms with Crippen molar-refractivity contribution < 1.29 is 17.9 Å². The predicted octanol–water partition coefficient (Wildman–Crippen LogP) is 3.46. The standard InChI is InChI=1S/C19H19ClN2O4S/c1-2-26-17-8-6-16(7-9-17)22(13-3-12-21)19(23)14-27(24,25)18-10-4-15(20)5-11-18/h4-11H,2-3,13-14H2,1H3. The first-order valence-corrected chi connectivity index (χ1v) is 10.3. The molecule has 0 heterocycles. The monoisotopic (exact) mass is 406 g/mol. The van der Waals surface area contributed by atoms with Gasteiger partial charge in [0.25, 0.3) is 0 Å². The van der Waals surface area contributed by atoms with Gasteiger partial charge in [0.15, 0.2) is 9.84 Å². The van der Waals surface area contributed by atoms with E-state index in [1.54, 1.807) is 24.3 Å². The number of ether oxygens (including phenoxy) is 1. The quantitative estimate of drug-likeness (QED) is 0.669. The number of nitriles is 1. The van der Waals surface area contributed by atoms with Crippen molar-refractivity contribution in [3.05, 3.63) is 53.6 Å². The summed E-state index contributed by atoms with van der Waals surface area (Å²) in [7, 11) is -3.83. The molecule has 6 nitrogen and oxygen atoms in total. The van der Waals surface area contributed by atoms with Gasteiger partial charge in [-0.2, -0.15) is 5.26 Å². The maximum atomic E-state index is 12.7. The van der Waals surface area contributed by atoms with Crippen LogP contribution in [0.2, 0.25) is 5.02 Å². The number of hydrogen-bond acceptors (Lipinski definition) is 5. The fourth-order valence-corrected chi connectivity index (χ4v) is 3.74. The third-order valence-electron chi connectivity index (χ3n) is 3.69. The van der Waals surface area contributed by atoms with E-state index in [-0.39, 0.29) is 17.9 Å². The zero-order chi connectivity index (χ0) is 19.9. The van der Waals surface area contributed by atoms with Gasteiger partial charge in [-0.3, -0.25) is 4.79 Å². The van der Waals surface area contributed by atoms with Crippen molar-refractivity contribution in [1.82, 2.24) is 0 Å². The fourth-order valence-electron chi connectivity index (χ4n) is 2.41. The maximum Gasteiger partial charge on any atom is 0.242 e. The van der Waals surface area contributed by atoms with E-state index >= 15 is 0 Å². The fraction of sp³-hybridized carbons (Fsp3) is 0.263. The third-order valence-corrected chi connectivity index (χ3v) is 5.56. The highest BCUT2D eigenvalue weighted by molar-refractivity contribution is 7.92. The zero-order valence-electron chi connectivity index (χ0n) is 14.8. The van der Waals surface area contributed by atoms with Gasteiger partial charge in [-0.15, -0.1) is 0 Å². The van der Waals surface area contributed by atoms with Crippen LogP contribution in [0.1, 0.15) is 13.3 Å². The van der Waals surface area contributed by atoms with Gasteiger partial charge >= 0.3 is 0 Å². The molecule has 2 rings (SSSR count). The molecule has 0 atom stereocenters. The summed E-state index contributed by atoms with van der Waals surface area (Å²) in [6.07, 6.45) is 0.0833. The maximum absolute atomic E-state index is 12.7. The Hall–Kier alpha value is -2.56. The van der Waals surface area contributed by atoms with Crippen molar-refractivity contribution >= 4 is 33.0 Å². The number of halogens is 1. The average molecular weight is 407 g/mol. The number of carbonyl (C=O) groups excluding carboxylic acids is 1. The lowest BCUT2D eigenvalue weighted by Crippen LogP contribution is -2.36. The summed E-state index contributed by atoms with van der Waals surface area (Å²) in [5.74, 6) is -0.667. The lowest BCUT2D eigenvalue weighted by Gasteiger charge is -2.22. The van der Waals surface area contributed by atoms with Crippen molar-refractivity contribution in [3.8, 4) is 11.8 Å². The molecule has 0 aliphatic rings. The van der Waals surface area contributed by atoms with Gasteiger partial charge in [-0.1, -0.05) is 11.6 Å². The van der Waals surface area contributed by atoms with E-state index < -0.39 is 21.5 Å². The number of rotatable bonds is 8. The first kappa shape index (κ1) is 20.7. The van der Waals surface area contributed by atoms with Gasteiger partial charge < -0.3 is 9.64 Å². The van der Waals surface area contributed by atoms with Gasteiger partial charge in [0.2, 0.25) is 5.91 Å². The molecular weight excluding hydrogens is 388 g/mol. The number of hydrogen-bond donors (Lipinski definition) is 0. The van der Waals surface area contributed by atoms with Gasteiger partial charge in [-0.25, -0.2) is 8.42 Å². The van der Waals surface area contributed by atoms with E-state index in [4.69, 9.17) is 21.6 Å². The molecule has 0 radical (unpaired) electrons. The number of anilines is 1. The van der Waals surface area contributed by atoms with Crippen LogP contribution in [0.5, 0.6) is 5.75 Å². The molecule has 2 aromatic rings.